The zero-order valence-corrected chi connectivity index (χ0v) is 10.2. The highest BCUT2D eigenvalue weighted by Crippen LogP contribution is 2.28. The van der Waals surface area contributed by atoms with Crippen LogP contribution in [0.15, 0.2) is 48.0 Å². The molecule has 0 radical (unpaired) electrons. The molecule has 0 saturated heterocycles. The minimum absolute atomic E-state index is 0.0444. The molecule has 2 rings (SSSR count). The van der Waals surface area contributed by atoms with Crippen molar-refractivity contribution in [2.24, 2.45) is 0 Å². The smallest absolute Gasteiger partial charge is 0.371 e. The summed E-state index contributed by atoms with van der Waals surface area (Å²) in [5.74, 6) is -3.46. The topological polar surface area (TPSA) is 52.6 Å². The van der Waals surface area contributed by atoms with E-state index in [9.17, 15) is 14.0 Å². The normalized spacial score (nSPS) is 16.7. The van der Waals surface area contributed by atoms with Gasteiger partial charge >= 0.3 is 11.9 Å². The maximum Gasteiger partial charge on any atom is 0.371 e. The maximum atomic E-state index is 13.6. The first kappa shape index (κ1) is 13.0. The van der Waals surface area contributed by atoms with Crippen LogP contribution in [0.2, 0.25) is 0 Å². The van der Waals surface area contributed by atoms with Crippen LogP contribution in [0.25, 0.3) is 5.57 Å². The van der Waals surface area contributed by atoms with Gasteiger partial charge in [-0.3, -0.25) is 0 Å². The Hall–Kier alpha value is -2.43. The van der Waals surface area contributed by atoms with Gasteiger partial charge in [0, 0.05) is 0 Å². The molecule has 1 aliphatic heterocycles. The van der Waals surface area contributed by atoms with Gasteiger partial charge in [0.1, 0.15) is 0 Å². The van der Waals surface area contributed by atoms with Crippen molar-refractivity contribution in [3.63, 3.8) is 0 Å². The fourth-order valence-electron chi connectivity index (χ4n) is 1.60. The number of allylic oxidation sites excluding steroid dienone is 1. The van der Waals surface area contributed by atoms with Crippen molar-refractivity contribution in [2.45, 2.75) is 6.92 Å². The first-order chi connectivity index (χ1) is 9.13. The van der Waals surface area contributed by atoms with E-state index < -0.39 is 23.5 Å². The van der Waals surface area contributed by atoms with E-state index in [1.54, 1.807) is 37.3 Å². The zero-order valence-electron chi connectivity index (χ0n) is 10.2. The number of cyclic esters (lactones) is 1. The standard InChI is InChI=1S/C14H11FO4/c1-2-18-14(17)12(15)11-8-10(13(16)19-11)9-6-4-3-5-7-9/h3-8H,2H2,1H3/b12-11+. The molecular formula is C14H11FO4. The van der Waals surface area contributed by atoms with Crippen molar-refractivity contribution in [3.05, 3.63) is 53.6 Å². The number of benzene rings is 1. The summed E-state index contributed by atoms with van der Waals surface area (Å²) in [5, 5.41) is 0. The van der Waals surface area contributed by atoms with Crippen LogP contribution in [0.3, 0.4) is 0 Å². The lowest BCUT2D eigenvalue weighted by Crippen LogP contribution is -2.07. The van der Waals surface area contributed by atoms with Gasteiger partial charge in [0.05, 0.1) is 12.2 Å². The molecule has 1 aromatic carbocycles. The van der Waals surface area contributed by atoms with E-state index in [0.717, 1.165) is 0 Å². The molecule has 19 heavy (non-hydrogen) atoms. The third-order valence-electron chi connectivity index (χ3n) is 2.45. The predicted molar refractivity (Wildman–Crippen MR) is 65.3 cm³/mol. The Morgan fingerprint density at radius 1 is 1.32 bits per heavy atom. The largest absolute Gasteiger partial charge is 0.461 e. The molecule has 5 heteroatoms. The van der Waals surface area contributed by atoms with Crippen molar-refractivity contribution >= 4 is 17.5 Å². The van der Waals surface area contributed by atoms with E-state index in [2.05, 4.69) is 4.74 Å². The highest BCUT2D eigenvalue weighted by molar-refractivity contribution is 6.20. The molecule has 0 spiro atoms. The Morgan fingerprint density at radius 3 is 2.63 bits per heavy atom. The van der Waals surface area contributed by atoms with Gasteiger partial charge in [0.15, 0.2) is 5.76 Å². The average Bonchev–Trinajstić information content (AvgIpc) is 2.81. The van der Waals surface area contributed by atoms with Crippen LogP contribution in [0.4, 0.5) is 4.39 Å². The molecule has 98 valence electrons. The summed E-state index contributed by atoms with van der Waals surface area (Å²) in [6.07, 6.45) is 1.20. The van der Waals surface area contributed by atoms with Crippen LogP contribution in [0.5, 0.6) is 0 Å². The molecule has 0 unspecified atom stereocenters. The lowest BCUT2D eigenvalue weighted by atomic mass is 10.1. The number of ether oxygens (including phenoxy) is 2. The molecule has 0 N–H and O–H groups in total. The first-order valence-corrected chi connectivity index (χ1v) is 5.69. The van der Waals surface area contributed by atoms with Crippen molar-refractivity contribution in [2.75, 3.05) is 6.61 Å². The number of carbonyl (C=O) groups is 2. The second-order valence-electron chi connectivity index (χ2n) is 3.71. The monoisotopic (exact) mass is 262 g/mol. The van der Waals surface area contributed by atoms with Crippen molar-refractivity contribution in [1.82, 2.24) is 0 Å². The number of rotatable bonds is 3. The predicted octanol–water partition coefficient (Wildman–Crippen LogP) is 2.37. The van der Waals surface area contributed by atoms with Gasteiger partial charge in [0.25, 0.3) is 0 Å². The Balaban J connectivity index is 2.33. The van der Waals surface area contributed by atoms with Crippen LogP contribution in [-0.2, 0) is 19.1 Å². The highest BCUT2D eigenvalue weighted by atomic mass is 19.1. The van der Waals surface area contributed by atoms with Crippen LogP contribution >= 0.6 is 0 Å². The van der Waals surface area contributed by atoms with Gasteiger partial charge in [-0.1, -0.05) is 30.3 Å². The van der Waals surface area contributed by atoms with Gasteiger partial charge in [0.2, 0.25) is 5.83 Å². The molecule has 0 aromatic heterocycles. The van der Waals surface area contributed by atoms with E-state index in [-0.39, 0.29) is 12.2 Å². The number of halogens is 1. The lowest BCUT2D eigenvalue weighted by molar-refractivity contribution is -0.140. The van der Waals surface area contributed by atoms with Gasteiger partial charge < -0.3 is 9.47 Å². The summed E-state index contributed by atoms with van der Waals surface area (Å²) in [6, 6.07) is 8.66. The Morgan fingerprint density at radius 2 is 2.00 bits per heavy atom. The third kappa shape index (κ3) is 2.70. The van der Waals surface area contributed by atoms with E-state index >= 15 is 0 Å². The van der Waals surface area contributed by atoms with Crippen LogP contribution < -0.4 is 0 Å². The Kier molecular flexibility index (Phi) is 3.75. The summed E-state index contributed by atoms with van der Waals surface area (Å²) in [7, 11) is 0. The fourth-order valence-corrected chi connectivity index (χ4v) is 1.60. The Labute approximate surface area is 109 Å². The van der Waals surface area contributed by atoms with E-state index in [1.807, 2.05) is 0 Å². The minimum Gasteiger partial charge on any atom is -0.461 e. The molecule has 0 bridgehead atoms. The summed E-state index contributed by atoms with van der Waals surface area (Å²) in [5.41, 5.74) is 0.800. The number of esters is 2. The average molecular weight is 262 g/mol. The third-order valence-corrected chi connectivity index (χ3v) is 2.45. The molecule has 0 atom stereocenters. The van der Waals surface area contributed by atoms with Crippen LogP contribution in [0.1, 0.15) is 12.5 Å². The van der Waals surface area contributed by atoms with Crippen LogP contribution in [0, 0.1) is 0 Å². The second-order valence-corrected chi connectivity index (χ2v) is 3.71. The maximum absolute atomic E-state index is 13.6. The van der Waals surface area contributed by atoms with Gasteiger partial charge in [-0.25, -0.2) is 9.59 Å². The van der Waals surface area contributed by atoms with Crippen molar-refractivity contribution in [1.29, 1.82) is 0 Å². The number of hydrogen-bond donors (Lipinski definition) is 0. The molecule has 1 aromatic rings. The first-order valence-electron chi connectivity index (χ1n) is 5.69. The molecule has 0 saturated carbocycles. The number of hydrogen-bond acceptors (Lipinski definition) is 4. The lowest BCUT2D eigenvalue weighted by Gasteiger charge is -2.00. The van der Waals surface area contributed by atoms with Gasteiger partial charge in [-0.15, -0.1) is 0 Å². The molecule has 4 nitrogen and oxygen atoms in total. The highest BCUT2D eigenvalue weighted by Gasteiger charge is 2.28. The quantitative estimate of drug-likeness (QED) is 0.620. The zero-order chi connectivity index (χ0) is 13.8. The molecular weight excluding hydrogens is 251 g/mol. The van der Waals surface area contributed by atoms with Crippen molar-refractivity contribution in [3.8, 4) is 0 Å². The summed E-state index contributed by atoms with van der Waals surface area (Å²) in [4.78, 5) is 22.8. The van der Waals surface area contributed by atoms with Gasteiger partial charge in [-0.2, -0.15) is 4.39 Å². The number of carbonyl (C=O) groups excluding carboxylic acids is 2. The molecule has 0 fully saturated rings. The summed E-state index contributed by atoms with van der Waals surface area (Å²) in [6.45, 7) is 1.60. The second kappa shape index (κ2) is 5.48. The van der Waals surface area contributed by atoms with Crippen LogP contribution in [-0.4, -0.2) is 18.5 Å². The molecule has 1 heterocycles. The SMILES string of the molecule is CCOC(=O)/C(F)=C1/C=C(c2ccccc2)C(=O)O1. The summed E-state index contributed by atoms with van der Waals surface area (Å²) >= 11 is 0. The Bertz CT molecular complexity index is 572. The van der Waals surface area contributed by atoms with E-state index in [0.29, 0.717) is 5.56 Å². The fraction of sp³-hybridized carbons (Fsp3) is 0.143. The van der Waals surface area contributed by atoms with Gasteiger partial charge in [-0.05, 0) is 18.6 Å². The summed E-state index contributed by atoms with van der Waals surface area (Å²) < 4.78 is 22.9. The van der Waals surface area contributed by atoms with E-state index in [4.69, 9.17) is 4.74 Å². The molecule has 0 amide bonds. The minimum atomic E-state index is -1.21. The van der Waals surface area contributed by atoms with E-state index in [1.165, 1.54) is 6.08 Å². The molecule has 0 aliphatic carbocycles. The van der Waals surface area contributed by atoms with Crippen molar-refractivity contribution < 1.29 is 23.5 Å². The molecule has 1 aliphatic rings.